The Morgan fingerprint density at radius 2 is 1.51 bits per heavy atom. The van der Waals surface area contributed by atoms with Crippen LogP contribution in [0.5, 0.6) is 0 Å². The molecule has 1 heterocycles. The van der Waals surface area contributed by atoms with Gasteiger partial charge in [-0.1, -0.05) is 36.6 Å². The van der Waals surface area contributed by atoms with Crippen LogP contribution in [0.15, 0.2) is 70.6 Å². The van der Waals surface area contributed by atoms with Gasteiger partial charge in [0.1, 0.15) is 0 Å². The second-order valence-corrected chi connectivity index (χ2v) is 12.8. The molecule has 0 bridgehead atoms. The predicted molar refractivity (Wildman–Crippen MR) is 138 cm³/mol. The quantitative estimate of drug-likeness (QED) is 0.362. The van der Waals surface area contributed by atoms with Gasteiger partial charge in [0.05, 0.1) is 22.0 Å². The van der Waals surface area contributed by atoms with E-state index in [1.807, 2.05) is 0 Å². The van der Waals surface area contributed by atoms with Crippen molar-refractivity contribution in [2.24, 2.45) is 0 Å². The number of anilines is 1. The molecule has 0 unspecified atom stereocenters. The number of hydrogen-bond donors (Lipinski definition) is 1. The van der Waals surface area contributed by atoms with Gasteiger partial charge >= 0.3 is 0 Å². The Balaban J connectivity index is 1.57. The van der Waals surface area contributed by atoms with Crippen molar-refractivity contribution in [2.45, 2.75) is 54.6 Å². The third-order valence-electron chi connectivity index (χ3n) is 6.20. The molecule has 1 aliphatic rings. The van der Waals surface area contributed by atoms with Crippen molar-refractivity contribution in [3.63, 3.8) is 0 Å². The minimum absolute atomic E-state index is 0.0628. The Kier molecular flexibility index (Phi) is 8.44. The van der Waals surface area contributed by atoms with Crippen LogP contribution in [0.2, 0.25) is 5.02 Å². The van der Waals surface area contributed by atoms with Crippen molar-refractivity contribution in [2.75, 3.05) is 12.4 Å². The largest absolute Gasteiger partial charge is 0.357 e. The van der Waals surface area contributed by atoms with Crippen LogP contribution < -0.4 is 5.32 Å². The summed E-state index contributed by atoms with van der Waals surface area (Å²) in [7, 11) is -6.91. The first-order valence-electron chi connectivity index (χ1n) is 11.7. The minimum Gasteiger partial charge on any atom is -0.357 e. The van der Waals surface area contributed by atoms with Crippen LogP contribution in [-0.4, -0.2) is 48.7 Å². The molecule has 13 heteroatoms. The average molecular weight is 568 g/mol. The first-order chi connectivity index (χ1) is 17.6. The highest BCUT2D eigenvalue weighted by Gasteiger charge is 2.34. The third kappa shape index (κ3) is 6.27. The topological polar surface area (TPSA) is 113 Å². The molecule has 0 radical (unpaired) electrons. The van der Waals surface area contributed by atoms with Gasteiger partial charge in [0.2, 0.25) is 16.0 Å². The van der Waals surface area contributed by atoms with Crippen molar-refractivity contribution in [1.29, 1.82) is 0 Å². The summed E-state index contributed by atoms with van der Waals surface area (Å²) >= 11 is 5.97. The van der Waals surface area contributed by atoms with E-state index >= 15 is 0 Å². The fraction of sp³-hybridized carbons (Fsp3) is 0.333. The van der Waals surface area contributed by atoms with Gasteiger partial charge < -0.3 is 5.32 Å². The van der Waals surface area contributed by atoms with Crippen LogP contribution in [-0.2, 0) is 33.1 Å². The van der Waals surface area contributed by atoms with Crippen molar-refractivity contribution >= 4 is 37.6 Å². The predicted octanol–water partition coefficient (Wildman–Crippen LogP) is 4.38. The van der Waals surface area contributed by atoms with E-state index in [0.717, 1.165) is 43.4 Å². The average Bonchev–Trinajstić information content (AvgIpc) is 3.43. The van der Waals surface area contributed by atoms with Gasteiger partial charge in [-0.05, 0) is 65.4 Å². The van der Waals surface area contributed by atoms with E-state index in [-0.39, 0.29) is 38.5 Å². The summed E-state index contributed by atoms with van der Waals surface area (Å²) in [6.07, 6.45) is 4.74. The summed E-state index contributed by atoms with van der Waals surface area (Å²) in [4.78, 5) is 7.50. The summed E-state index contributed by atoms with van der Waals surface area (Å²) in [5, 5.41) is 3.25. The Morgan fingerprint density at radius 3 is 2.11 bits per heavy atom. The smallest absolute Gasteiger partial charge is 0.269 e. The molecule has 1 fully saturated rings. The maximum atomic E-state index is 14.8. The molecule has 1 N–H and O–H groups in total. The molecule has 4 rings (SSSR count). The van der Waals surface area contributed by atoms with Crippen molar-refractivity contribution in [3.05, 3.63) is 77.1 Å². The summed E-state index contributed by atoms with van der Waals surface area (Å²) in [6.45, 7) is -0.466. The second kappa shape index (κ2) is 11.4. The first kappa shape index (κ1) is 27.4. The van der Waals surface area contributed by atoms with Gasteiger partial charge in [-0.25, -0.2) is 26.8 Å². The molecule has 0 aliphatic heterocycles. The van der Waals surface area contributed by atoms with Crippen LogP contribution in [0, 0.1) is 0 Å². The number of aromatic nitrogens is 2. The lowest BCUT2D eigenvalue weighted by molar-refractivity contribution is 0.128. The Morgan fingerprint density at radius 1 is 0.919 bits per heavy atom. The summed E-state index contributed by atoms with van der Waals surface area (Å²) in [6, 6.07) is 12.8. The lowest BCUT2D eigenvalue weighted by atomic mass is 10.2. The molecule has 0 atom stereocenters. The first-order valence-corrected chi connectivity index (χ1v) is 14.9. The minimum atomic E-state index is -4.54. The number of nitrogens with zero attached hydrogens (tertiary/aromatic N) is 4. The highest BCUT2D eigenvalue weighted by Crippen LogP contribution is 2.31. The summed E-state index contributed by atoms with van der Waals surface area (Å²) in [5.74, 6) is 0.225. The van der Waals surface area contributed by atoms with Gasteiger partial charge in [0, 0.05) is 30.9 Å². The maximum absolute atomic E-state index is 14.8. The van der Waals surface area contributed by atoms with E-state index < -0.39 is 26.6 Å². The number of hydrogen-bond acceptors (Lipinski definition) is 7. The molecule has 37 heavy (non-hydrogen) atoms. The number of benzene rings is 2. The van der Waals surface area contributed by atoms with E-state index in [2.05, 4.69) is 15.3 Å². The Labute approximate surface area is 221 Å². The molecule has 0 saturated heterocycles. The van der Waals surface area contributed by atoms with Crippen LogP contribution in [0.25, 0.3) is 0 Å². The summed E-state index contributed by atoms with van der Waals surface area (Å²) < 4.78 is 68.7. The molecular weight excluding hydrogens is 541 g/mol. The van der Waals surface area contributed by atoms with Crippen molar-refractivity contribution in [3.8, 4) is 0 Å². The summed E-state index contributed by atoms with van der Waals surface area (Å²) in [5.41, 5.74) is 0.942. The van der Waals surface area contributed by atoms with Gasteiger partial charge in [-0.3, -0.25) is 0 Å². The molecule has 198 valence electrons. The molecule has 0 amide bonds. The van der Waals surface area contributed by atoms with Crippen LogP contribution in [0.4, 0.5) is 10.4 Å². The maximum Gasteiger partial charge on any atom is 0.269 e. The lowest BCUT2D eigenvalue weighted by Gasteiger charge is -2.28. The molecule has 2 aromatic carbocycles. The Hall–Kier alpha value is -2.64. The van der Waals surface area contributed by atoms with Crippen LogP contribution in [0.3, 0.4) is 0 Å². The van der Waals surface area contributed by atoms with E-state index in [1.165, 1.54) is 28.7 Å². The van der Waals surface area contributed by atoms with Gasteiger partial charge in [0.15, 0.2) is 0 Å². The van der Waals surface area contributed by atoms with Gasteiger partial charge in [0.25, 0.3) is 10.0 Å². The van der Waals surface area contributed by atoms with Crippen molar-refractivity contribution < 1.29 is 21.3 Å². The molecular formula is C24H27ClFN5O4S2. The van der Waals surface area contributed by atoms with E-state index in [9.17, 15) is 21.3 Å². The van der Waals surface area contributed by atoms with Gasteiger partial charge in [-0.15, -0.1) is 4.48 Å². The van der Waals surface area contributed by atoms with Crippen LogP contribution in [0.1, 0.15) is 36.9 Å². The van der Waals surface area contributed by atoms with Gasteiger partial charge in [-0.2, -0.15) is 4.31 Å². The number of nitrogens with one attached hydrogen (secondary N) is 1. The number of sulfonamides is 2. The zero-order valence-corrected chi connectivity index (χ0v) is 22.5. The third-order valence-corrected chi connectivity index (χ3v) is 9.88. The number of rotatable bonds is 10. The zero-order valence-electron chi connectivity index (χ0n) is 20.1. The van der Waals surface area contributed by atoms with E-state index in [4.69, 9.17) is 11.6 Å². The van der Waals surface area contributed by atoms with Crippen LogP contribution >= 0.6 is 11.6 Å². The lowest BCUT2D eigenvalue weighted by Crippen LogP contribution is -2.38. The monoisotopic (exact) mass is 567 g/mol. The molecule has 1 aliphatic carbocycles. The van der Waals surface area contributed by atoms with Crippen molar-refractivity contribution in [1.82, 2.24) is 18.8 Å². The Bertz CT molecular complexity index is 1430. The fourth-order valence-corrected chi connectivity index (χ4v) is 7.03. The standard InChI is InChI=1S/C24H27ClFN5O4S2/c1-27-24-28-15-14-20(29-24)17-31(26)37(34,35)23-12-10-22(11-13-23)36(32,33)30(21-4-2-3-5-21)16-18-6-8-19(25)9-7-18/h6-15,21H,2-5,16-17H2,1H3,(H,27,28,29). The molecule has 0 spiro atoms. The highest BCUT2D eigenvalue weighted by atomic mass is 35.5. The highest BCUT2D eigenvalue weighted by molar-refractivity contribution is 7.89. The second-order valence-electron chi connectivity index (χ2n) is 8.66. The fourth-order valence-electron chi connectivity index (χ4n) is 4.22. The van der Waals surface area contributed by atoms with E-state index in [1.54, 1.807) is 31.3 Å². The molecule has 3 aromatic rings. The molecule has 9 nitrogen and oxygen atoms in total. The zero-order chi connectivity index (χ0) is 26.6. The van der Waals surface area contributed by atoms with E-state index in [0.29, 0.717) is 5.02 Å². The number of halogens is 2. The SMILES string of the molecule is CNc1nccc(CN(F)S(=O)(=O)c2ccc(S(=O)(=O)N(Cc3ccc(Cl)cc3)C3CCCC3)cc2)n1. The molecule has 1 saturated carbocycles. The molecule has 1 aromatic heterocycles. The normalized spacial score (nSPS) is 14.9.